The fourth-order valence-corrected chi connectivity index (χ4v) is 4.21. The minimum atomic E-state index is -0.118. The van der Waals surface area contributed by atoms with E-state index in [1.54, 1.807) is 0 Å². The first-order valence-electron chi connectivity index (χ1n) is 8.87. The van der Waals surface area contributed by atoms with Crippen molar-refractivity contribution in [3.63, 3.8) is 0 Å². The van der Waals surface area contributed by atoms with Crippen LogP contribution in [0.2, 0.25) is 0 Å². The van der Waals surface area contributed by atoms with Gasteiger partial charge in [0.2, 0.25) is 11.8 Å². The summed E-state index contributed by atoms with van der Waals surface area (Å²) in [5, 5.41) is 3.31. The molecule has 5 nitrogen and oxygen atoms in total. The van der Waals surface area contributed by atoms with Crippen molar-refractivity contribution in [3.05, 3.63) is 0 Å². The quantitative estimate of drug-likeness (QED) is 0.835. The van der Waals surface area contributed by atoms with Gasteiger partial charge in [-0.1, -0.05) is 6.92 Å². The summed E-state index contributed by atoms with van der Waals surface area (Å²) in [5.74, 6) is 1.05. The van der Waals surface area contributed by atoms with E-state index in [-0.39, 0.29) is 23.8 Å². The van der Waals surface area contributed by atoms with Crippen LogP contribution in [0, 0.1) is 11.8 Å². The number of likely N-dealkylation sites (tertiary alicyclic amines) is 1. The molecular formula is C17H29N3O2. The zero-order chi connectivity index (χ0) is 15.7. The van der Waals surface area contributed by atoms with Gasteiger partial charge < -0.3 is 15.1 Å². The number of nitrogens with one attached hydrogen (secondary N) is 1. The predicted molar refractivity (Wildman–Crippen MR) is 85.3 cm³/mol. The van der Waals surface area contributed by atoms with Gasteiger partial charge in [0.15, 0.2) is 0 Å². The lowest BCUT2D eigenvalue weighted by Crippen LogP contribution is -2.54. The van der Waals surface area contributed by atoms with Crippen LogP contribution in [0.15, 0.2) is 0 Å². The lowest BCUT2D eigenvalue weighted by Gasteiger charge is -2.36. The predicted octanol–water partition coefficient (Wildman–Crippen LogP) is 1.23. The Morgan fingerprint density at radius 1 is 1.18 bits per heavy atom. The monoisotopic (exact) mass is 307 g/mol. The summed E-state index contributed by atoms with van der Waals surface area (Å²) in [7, 11) is 0. The van der Waals surface area contributed by atoms with Crippen molar-refractivity contribution in [2.45, 2.75) is 58.0 Å². The van der Waals surface area contributed by atoms with E-state index in [0.717, 1.165) is 38.4 Å². The first-order valence-corrected chi connectivity index (χ1v) is 8.87. The molecule has 0 spiro atoms. The van der Waals surface area contributed by atoms with E-state index in [0.29, 0.717) is 19.0 Å². The Hall–Kier alpha value is -1.10. The summed E-state index contributed by atoms with van der Waals surface area (Å²) in [6.45, 7) is 7.51. The summed E-state index contributed by atoms with van der Waals surface area (Å²) in [5.41, 5.74) is 0. The summed E-state index contributed by atoms with van der Waals surface area (Å²) < 4.78 is 0. The second-order valence-electron chi connectivity index (χ2n) is 7.45. The maximum Gasteiger partial charge on any atom is 0.228 e. The lowest BCUT2D eigenvalue weighted by atomic mass is 9.86. The molecule has 5 heteroatoms. The van der Waals surface area contributed by atoms with E-state index in [9.17, 15) is 9.59 Å². The minimum absolute atomic E-state index is 0.118. The molecule has 2 atom stereocenters. The molecular weight excluding hydrogens is 278 g/mol. The molecule has 1 N–H and O–H groups in total. The van der Waals surface area contributed by atoms with Crippen molar-refractivity contribution >= 4 is 11.8 Å². The Kier molecular flexibility index (Phi) is 4.71. The normalized spacial score (nSPS) is 36.7. The van der Waals surface area contributed by atoms with Crippen LogP contribution < -0.4 is 5.32 Å². The molecule has 1 saturated carbocycles. The van der Waals surface area contributed by atoms with Crippen molar-refractivity contribution in [2.75, 3.05) is 26.2 Å². The van der Waals surface area contributed by atoms with Crippen LogP contribution in [0.3, 0.4) is 0 Å². The molecule has 0 aromatic carbocycles. The Morgan fingerprint density at radius 3 is 2.59 bits per heavy atom. The molecule has 2 amide bonds. The number of piperazine rings is 1. The number of rotatable bonds is 2. The number of carbonyl (C=O) groups is 2. The molecule has 0 aromatic heterocycles. The highest BCUT2D eigenvalue weighted by Crippen LogP contribution is 2.32. The van der Waals surface area contributed by atoms with E-state index in [1.165, 1.54) is 12.8 Å². The Morgan fingerprint density at radius 2 is 1.91 bits per heavy atom. The molecule has 3 aliphatic rings. The fourth-order valence-electron chi connectivity index (χ4n) is 4.21. The molecule has 0 aromatic rings. The van der Waals surface area contributed by atoms with E-state index in [2.05, 4.69) is 19.2 Å². The standard InChI is InChI=1S/C17H29N3O2/c1-12-3-5-15(6-4-12)20-11-14(9-16(20)21)17(22)19-8-7-18-10-13(19)2/h12-15,18H,3-11H2,1-2H3/t12?,13-,14?,15?/m0/s1. The van der Waals surface area contributed by atoms with E-state index >= 15 is 0 Å². The largest absolute Gasteiger partial charge is 0.339 e. The molecule has 3 fully saturated rings. The summed E-state index contributed by atoms with van der Waals surface area (Å²) in [4.78, 5) is 29.1. The Bertz CT molecular complexity index is 432. The van der Waals surface area contributed by atoms with Gasteiger partial charge in [-0.3, -0.25) is 9.59 Å². The molecule has 3 rings (SSSR count). The van der Waals surface area contributed by atoms with Gasteiger partial charge in [-0.15, -0.1) is 0 Å². The van der Waals surface area contributed by atoms with Gasteiger partial charge in [0.1, 0.15) is 0 Å². The lowest BCUT2D eigenvalue weighted by molar-refractivity contribution is -0.138. The minimum Gasteiger partial charge on any atom is -0.339 e. The van der Waals surface area contributed by atoms with E-state index in [1.807, 2.05) is 9.80 Å². The summed E-state index contributed by atoms with van der Waals surface area (Å²) in [6.07, 6.45) is 5.06. The number of hydrogen-bond donors (Lipinski definition) is 1. The molecule has 124 valence electrons. The second-order valence-corrected chi connectivity index (χ2v) is 7.45. The topological polar surface area (TPSA) is 52.7 Å². The maximum atomic E-state index is 12.8. The van der Waals surface area contributed by atoms with Crippen LogP contribution in [0.1, 0.15) is 46.0 Å². The SMILES string of the molecule is CC1CCC(N2CC(C(=O)N3CCNC[C@@H]3C)CC2=O)CC1. The zero-order valence-corrected chi connectivity index (χ0v) is 13.9. The third-order valence-electron chi connectivity index (χ3n) is 5.72. The van der Waals surface area contributed by atoms with Crippen molar-refractivity contribution in [1.29, 1.82) is 0 Å². The first-order chi connectivity index (χ1) is 10.6. The van der Waals surface area contributed by atoms with Gasteiger partial charge in [0, 0.05) is 44.7 Å². The molecule has 2 aliphatic heterocycles. The van der Waals surface area contributed by atoms with Crippen LogP contribution in [-0.4, -0.2) is 59.9 Å². The molecule has 22 heavy (non-hydrogen) atoms. The van der Waals surface area contributed by atoms with Gasteiger partial charge in [0.05, 0.1) is 5.92 Å². The molecule has 1 unspecified atom stereocenters. The molecule has 1 aliphatic carbocycles. The molecule has 0 bridgehead atoms. The summed E-state index contributed by atoms with van der Waals surface area (Å²) >= 11 is 0. The maximum absolute atomic E-state index is 12.8. The van der Waals surface area contributed by atoms with Crippen LogP contribution in [0.4, 0.5) is 0 Å². The van der Waals surface area contributed by atoms with E-state index < -0.39 is 0 Å². The number of amides is 2. The van der Waals surface area contributed by atoms with Crippen LogP contribution in [0.5, 0.6) is 0 Å². The van der Waals surface area contributed by atoms with Crippen LogP contribution in [0.25, 0.3) is 0 Å². The van der Waals surface area contributed by atoms with Gasteiger partial charge in [-0.2, -0.15) is 0 Å². The van der Waals surface area contributed by atoms with Crippen LogP contribution >= 0.6 is 0 Å². The number of nitrogens with zero attached hydrogens (tertiary/aromatic N) is 2. The van der Waals surface area contributed by atoms with Gasteiger partial charge in [0.25, 0.3) is 0 Å². The highest BCUT2D eigenvalue weighted by atomic mass is 16.2. The molecule has 0 radical (unpaired) electrons. The van der Waals surface area contributed by atoms with Crippen LogP contribution in [-0.2, 0) is 9.59 Å². The van der Waals surface area contributed by atoms with E-state index in [4.69, 9.17) is 0 Å². The Balaban J connectivity index is 1.60. The van der Waals surface area contributed by atoms with Crippen molar-refractivity contribution in [1.82, 2.24) is 15.1 Å². The summed E-state index contributed by atoms with van der Waals surface area (Å²) in [6, 6.07) is 0.614. The number of hydrogen-bond acceptors (Lipinski definition) is 3. The van der Waals surface area contributed by atoms with Crippen molar-refractivity contribution in [3.8, 4) is 0 Å². The average molecular weight is 307 g/mol. The average Bonchev–Trinajstić information content (AvgIpc) is 2.90. The molecule has 2 saturated heterocycles. The third-order valence-corrected chi connectivity index (χ3v) is 5.72. The molecule has 2 heterocycles. The van der Waals surface area contributed by atoms with Gasteiger partial charge in [-0.25, -0.2) is 0 Å². The third kappa shape index (κ3) is 3.14. The second kappa shape index (κ2) is 6.57. The highest BCUT2D eigenvalue weighted by Gasteiger charge is 2.41. The van der Waals surface area contributed by atoms with Crippen molar-refractivity contribution < 1.29 is 9.59 Å². The smallest absolute Gasteiger partial charge is 0.228 e. The highest BCUT2D eigenvalue weighted by molar-refractivity contribution is 5.89. The van der Waals surface area contributed by atoms with Gasteiger partial charge in [-0.05, 0) is 38.5 Å². The van der Waals surface area contributed by atoms with Crippen molar-refractivity contribution in [2.24, 2.45) is 11.8 Å². The zero-order valence-electron chi connectivity index (χ0n) is 13.9. The number of carbonyl (C=O) groups excluding carboxylic acids is 2. The van der Waals surface area contributed by atoms with Gasteiger partial charge >= 0.3 is 0 Å². The first kappa shape index (κ1) is 15.8. The fraction of sp³-hybridized carbons (Fsp3) is 0.882. The Labute approximate surface area is 133 Å².